The molecule has 0 heterocycles. The standard InChI is InChI=1S/C14H9BrF2O2/c1-19-13-7-12(17)10(15)6-9(13)14(18)8-4-2-3-5-11(8)16/h2-7H,1H3. The second kappa shape index (κ2) is 5.48. The summed E-state index contributed by atoms with van der Waals surface area (Å²) in [5.41, 5.74) is 0.0141. The lowest BCUT2D eigenvalue weighted by Gasteiger charge is -2.09. The molecule has 0 atom stereocenters. The molecule has 0 unspecified atom stereocenters. The van der Waals surface area contributed by atoms with Crippen molar-refractivity contribution in [2.45, 2.75) is 0 Å². The summed E-state index contributed by atoms with van der Waals surface area (Å²) in [5.74, 6) is -1.68. The molecule has 0 aliphatic heterocycles. The Morgan fingerprint density at radius 2 is 1.79 bits per heavy atom. The Kier molecular flexibility index (Phi) is 3.95. The van der Waals surface area contributed by atoms with Gasteiger partial charge in [-0.15, -0.1) is 0 Å². The minimum atomic E-state index is -0.630. The molecule has 0 aromatic heterocycles. The highest BCUT2D eigenvalue weighted by molar-refractivity contribution is 9.10. The van der Waals surface area contributed by atoms with Gasteiger partial charge in [-0.25, -0.2) is 8.78 Å². The van der Waals surface area contributed by atoms with Crippen molar-refractivity contribution >= 4 is 21.7 Å². The van der Waals surface area contributed by atoms with Gasteiger partial charge >= 0.3 is 0 Å². The Morgan fingerprint density at radius 3 is 2.42 bits per heavy atom. The molecule has 0 aliphatic rings. The first-order valence-electron chi connectivity index (χ1n) is 5.37. The minimum absolute atomic E-state index is 0.0638. The van der Waals surface area contributed by atoms with Gasteiger partial charge in [0.1, 0.15) is 17.4 Å². The van der Waals surface area contributed by atoms with Crippen LogP contribution in [0, 0.1) is 11.6 Å². The van der Waals surface area contributed by atoms with Crippen LogP contribution in [0.15, 0.2) is 40.9 Å². The molecule has 0 fully saturated rings. The number of hydrogen-bond acceptors (Lipinski definition) is 2. The molecule has 2 nitrogen and oxygen atoms in total. The number of carbonyl (C=O) groups excluding carboxylic acids is 1. The van der Waals surface area contributed by atoms with Crippen LogP contribution in [0.2, 0.25) is 0 Å². The average Bonchev–Trinajstić information content (AvgIpc) is 2.41. The van der Waals surface area contributed by atoms with Crippen molar-refractivity contribution < 1.29 is 18.3 Å². The Morgan fingerprint density at radius 1 is 1.11 bits per heavy atom. The van der Waals surface area contributed by atoms with Gasteiger partial charge in [0.15, 0.2) is 5.78 Å². The molecular weight excluding hydrogens is 318 g/mol. The lowest BCUT2D eigenvalue weighted by molar-refractivity contribution is 0.103. The summed E-state index contributed by atoms with van der Waals surface area (Å²) in [6.07, 6.45) is 0. The maximum absolute atomic E-state index is 13.6. The van der Waals surface area contributed by atoms with E-state index in [0.29, 0.717) is 0 Å². The Balaban J connectivity index is 2.56. The molecule has 0 saturated carbocycles. The fraction of sp³-hybridized carbons (Fsp3) is 0.0714. The van der Waals surface area contributed by atoms with Crippen molar-refractivity contribution in [3.05, 3.63) is 63.6 Å². The predicted molar refractivity (Wildman–Crippen MR) is 70.5 cm³/mol. The van der Waals surface area contributed by atoms with E-state index in [0.717, 1.165) is 6.07 Å². The molecule has 0 N–H and O–H groups in total. The number of halogens is 3. The van der Waals surface area contributed by atoms with E-state index in [1.54, 1.807) is 6.07 Å². The maximum Gasteiger partial charge on any atom is 0.199 e. The zero-order chi connectivity index (χ0) is 14.0. The Labute approximate surface area is 117 Å². The number of carbonyl (C=O) groups is 1. The smallest absolute Gasteiger partial charge is 0.199 e. The number of methoxy groups -OCH3 is 1. The summed E-state index contributed by atoms with van der Waals surface area (Å²) >= 11 is 2.99. The summed E-state index contributed by atoms with van der Waals surface area (Å²) in [6, 6.07) is 7.97. The van der Waals surface area contributed by atoms with Crippen LogP contribution < -0.4 is 4.74 Å². The lowest BCUT2D eigenvalue weighted by Crippen LogP contribution is -2.07. The molecule has 0 amide bonds. The Hall–Kier alpha value is -1.75. The highest BCUT2D eigenvalue weighted by Crippen LogP contribution is 2.28. The van der Waals surface area contributed by atoms with Crippen LogP contribution in [0.25, 0.3) is 0 Å². The summed E-state index contributed by atoms with van der Waals surface area (Å²) < 4.78 is 32.1. The minimum Gasteiger partial charge on any atom is -0.496 e. The van der Waals surface area contributed by atoms with Crippen LogP contribution in [0.3, 0.4) is 0 Å². The van der Waals surface area contributed by atoms with Gasteiger partial charge in [0.25, 0.3) is 0 Å². The van der Waals surface area contributed by atoms with E-state index in [-0.39, 0.29) is 21.3 Å². The molecule has 0 bridgehead atoms. The molecule has 2 aromatic carbocycles. The Bertz CT molecular complexity index is 641. The molecule has 0 spiro atoms. The van der Waals surface area contributed by atoms with Crippen LogP contribution in [0.4, 0.5) is 8.78 Å². The fourth-order valence-corrected chi connectivity index (χ4v) is 2.01. The van der Waals surface area contributed by atoms with Gasteiger partial charge in [0.05, 0.1) is 22.7 Å². The second-order valence-electron chi connectivity index (χ2n) is 3.78. The van der Waals surface area contributed by atoms with Crippen molar-refractivity contribution in [2.75, 3.05) is 7.11 Å². The largest absolute Gasteiger partial charge is 0.496 e. The van der Waals surface area contributed by atoms with E-state index in [1.165, 1.54) is 31.4 Å². The predicted octanol–water partition coefficient (Wildman–Crippen LogP) is 3.97. The van der Waals surface area contributed by atoms with E-state index < -0.39 is 17.4 Å². The van der Waals surface area contributed by atoms with Crippen LogP contribution in [-0.4, -0.2) is 12.9 Å². The molecule has 19 heavy (non-hydrogen) atoms. The summed E-state index contributed by atoms with van der Waals surface area (Å²) in [6.45, 7) is 0. The van der Waals surface area contributed by atoms with E-state index in [2.05, 4.69) is 15.9 Å². The van der Waals surface area contributed by atoms with Gasteiger partial charge in [0, 0.05) is 6.07 Å². The van der Waals surface area contributed by atoms with Gasteiger partial charge in [-0.1, -0.05) is 12.1 Å². The molecular formula is C14H9BrF2O2. The van der Waals surface area contributed by atoms with Crippen molar-refractivity contribution in [2.24, 2.45) is 0 Å². The summed E-state index contributed by atoms with van der Waals surface area (Å²) in [4.78, 5) is 12.2. The van der Waals surface area contributed by atoms with E-state index >= 15 is 0 Å². The van der Waals surface area contributed by atoms with Gasteiger partial charge in [-0.05, 0) is 34.1 Å². The van der Waals surface area contributed by atoms with Gasteiger partial charge < -0.3 is 4.74 Å². The van der Waals surface area contributed by atoms with Gasteiger partial charge in [-0.2, -0.15) is 0 Å². The molecule has 0 aliphatic carbocycles. The third kappa shape index (κ3) is 2.66. The second-order valence-corrected chi connectivity index (χ2v) is 4.63. The first-order chi connectivity index (χ1) is 9.04. The lowest BCUT2D eigenvalue weighted by atomic mass is 10.0. The van der Waals surface area contributed by atoms with Crippen molar-refractivity contribution in [1.29, 1.82) is 0 Å². The van der Waals surface area contributed by atoms with Crippen LogP contribution >= 0.6 is 15.9 Å². The number of benzene rings is 2. The molecule has 2 rings (SSSR count). The molecule has 2 aromatic rings. The van der Waals surface area contributed by atoms with E-state index in [1.807, 2.05) is 0 Å². The average molecular weight is 327 g/mol. The highest BCUT2D eigenvalue weighted by atomic mass is 79.9. The number of ether oxygens (including phenoxy) is 1. The van der Waals surface area contributed by atoms with Gasteiger partial charge in [-0.3, -0.25) is 4.79 Å². The third-order valence-electron chi connectivity index (χ3n) is 2.61. The molecule has 98 valence electrons. The SMILES string of the molecule is COc1cc(F)c(Br)cc1C(=O)c1ccccc1F. The monoisotopic (exact) mass is 326 g/mol. The molecule has 0 radical (unpaired) electrons. The van der Waals surface area contributed by atoms with Crippen molar-refractivity contribution in [3.63, 3.8) is 0 Å². The molecule has 5 heteroatoms. The van der Waals surface area contributed by atoms with Crippen LogP contribution in [0.5, 0.6) is 5.75 Å². The van der Waals surface area contributed by atoms with E-state index in [4.69, 9.17) is 4.74 Å². The van der Waals surface area contributed by atoms with Crippen LogP contribution in [-0.2, 0) is 0 Å². The topological polar surface area (TPSA) is 26.3 Å². The first-order valence-corrected chi connectivity index (χ1v) is 6.16. The van der Waals surface area contributed by atoms with Crippen molar-refractivity contribution in [3.8, 4) is 5.75 Å². The molecule has 0 saturated heterocycles. The summed E-state index contributed by atoms with van der Waals surface area (Å²) in [7, 11) is 1.32. The highest BCUT2D eigenvalue weighted by Gasteiger charge is 2.19. The zero-order valence-electron chi connectivity index (χ0n) is 9.91. The quantitative estimate of drug-likeness (QED) is 0.798. The van der Waals surface area contributed by atoms with Crippen LogP contribution in [0.1, 0.15) is 15.9 Å². The first kappa shape index (κ1) is 13.7. The summed E-state index contributed by atoms with van der Waals surface area (Å²) in [5, 5.41) is 0. The zero-order valence-corrected chi connectivity index (χ0v) is 11.5. The maximum atomic E-state index is 13.6. The van der Waals surface area contributed by atoms with E-state index in [9.17, 15) is 13.6 Å². The number of rotatable bonds is 3. The fourth-order valence-electron chi connectivity index (χ4n) is 1.67. The normalized spacial score (nSPS) is 10.3. The van der Waals surface area contributed by atoms with Crippen molar-refractivity contribution in [1.82, 2.24) is 0 Å². The number of hydrogen-bond donors (Lipinski definition) is 0. The third-order valence-corrected chi connectivity index (χ3v) is 3.21. The van der Waals surface area contributed by atoms with Gasteiger partial charge in [0.2, 0.25) is 0 Å². The number of ketones is 1.